The number of hydrogen-bond donors (Lipinski definition) is 0. The number of esters is 1. The first-order valence-electron chi connectivity index (χ1n) is 8.09. The summed E-state index contributed by atoms with van der Waals surface area (Å²) in [7, 11) is -1.25. The minimum absolute atomic E-state index is 0.0743. The molecule has 2 saturated heterocycles. The SMILES string of the molecule is CN(C)C(=O)[C@@]1(C)[C@H](C(=O)OCc2ccccc2)N2C(=O)C[C@H]2S1(=O)=O. The van der Waals surface area contributed by atoms with Crippen LogP contribution in [0, 0.1) is 0 Å². The number of ether oxygens (including phenoxy) is 1. The summed E-state index contributed by atoms with van der Waals surface area (Å²) in [4.78, 5) is 39.5. The molecule has 2 fully saturated rings. The molecule has 26 heavy (non-hydrogen) atoms. The molecule has 0 unspecified atom stereocenters. The van der Waals surface area contributed by atoms with Gasteiger partial charge in [-0.2, -0.15) is 0 Å². The van der Waals surface area contributed by atoms with Crippen LogP contribution >= 0.6 is 0 Å². The van der Waals surface area contributed by atoms with Crippen molar-refractivity contribution in [3.8, 4) is 0 Å². The average Bonchev–Trinajstić information content (AvgIpc) is 2.74. The Labute approximate surface area is 151 Å². The van der Waals surface area contributed by atoms with Gasteiger partial charge in [0.25, 0.3) is 0 Å². The quantitative estimate of drug-likeness (QED) is 0.535. The molecule has 2 heterocycles. The second-order valence-electron chi connectivity index (χ2n) is 6.81. The van der Waals surface area contributed by atoms with Gasteiger partial charge in [0.15, 0.2) is 20.6 Å². The van der Waals surface area contributed by atoms with Crippen LogP contribution in [0.2, 0.25) is 0 Å². The van der Waals surface area contributed by atoms with Crippen molar-refractivity contribution in [3.05, 3.63) is 35.9 Å². The average molecular weight is 380 g/mol. The first-order chi connectivity index (χ1) is 12.1. The molecule has 0 aliphatic carbocycles. The summed E-state index contributed by atoms with van der Waals surface area (Å²) in [5.41, 5.74) is 0.717. The fourth-order valence-electron chi connectivity index (χ4n) is 3.50. The van der Waals surface area contributed by atoms with Crippen molar-refractivity contribution >= 4 is 27.6 Å². The molecule has 0 N–H and O–H groups in total. The highest BCUT2D eigenvalue weighted by Crippen LogP contribution is 2.47. The molecule has 2 amide bonds. The lowest BCUT2D eigenvalue weighted by Gasteiger charge is -2.36. The van der Waals surface area contributed by atoms with Gasteiger partial charge < -0.3 is 14.5 Å². The van der Waals surface area contributed by atoms with E-state index in [-0.39, 0.29) is 13.0 Å². The van der Waals surface area contributed by atoms with E-state index >= 15 is 0 Å². The molecule has 1 aromatic carbocycles. The largest absolute Gasteiger partial charge is 0.459 e. The Kier molecular flexibility index (Phi) is 4.30. The Bertz CT molecular complexity index is 866. The third-order valence-corrected chi connectivity index (χ3v) is 7.66. The molecule has 0 spiro atoms. The van der Waals surface area contributed by atoms with E-state index in [1.54, 1.807) is 24.3 Å². The lowest BCUT2D eigenvalue weighted by atomic mass is 9.95. The van der Waals surface area contributed by atoms with Gasteiger partial charge in [-0.05, 0) is 12.5 Å². The van der Waals surface area contributed by atoms with E-state index in [4.69, 9.17) is 4.74 Å². The minimum Gasteiger partial charge on any atom is -0.459 e. The Morgan fingerprint density at radius 2 is 1.88 bits per heavy atom. The standard InChI is InChI=1S/C17H20N2O6S/c1-17(16(22)18(2)3)14(19-12(20)9-13(19)26(17,23)24)15(21)25-10-11-7-5-4-6-8-11/h4-8,13-14H,9-10H2,1-3H3/t13-,14+,17-/m1/s1. The van der Waals surface area contributed by atoms with Crippen molar-refractivity contribution in [2.24, 2.45) is 0 Å². The van der Waals surface area contributed by atoms with Gasteiger partial charge in [0, 0.05) is 14.1 Å². The van der Waals surface area contributed by atoms with Crippen molar-refractivity contribution < 1.29 is 27.5 Å². The van der Waals surface area contributed by atoms with Gasteiger partial charge in [-0.15, -0.1) is 0 Å². The number of carbonyl (C=O) groups is 3. The van der Waals surface area contributed by atoms with E-state index in [1.165, 1.54) is 21.0 Å². The lowest BCUT2D eigenvalue weighted by Crippen LogP contribution is -2.61. The van der Waals surface area contributed by atoms with Gasteiger partial charge in [0.1, 0.15) is 12.0 Å². The summed E-state index contributed by atoms with van der Waals surface area (Å²) in [5, 5.41) is -1.15. The minimum atomic E-state index is -4.07. The second kappa shape index (κ2) is 6.08. The normalized spacial score (nSPS) is 28.9. The smallest absolute Gasteiger partial charge is 0.331 e. The Hall–Kier alpha value is -2.42. The number of β-lactam (4-membered cyclic amide) rings is 1. The maximum absolute atomic E-state index is 12.9. The van der Waals surface area contributed by atoms with Gasteiger partial charge in [0.05, 0.1) is 6.42 Å². The van der Waals surface area contributed by atoms with E-state index in [2.05, 4.69) is 0 Å². The topological polar surface area (TPSA) is 101 Å². The van der Waals surface area contributed by atoms with Crippen LogP contribution in [-0.4, -0.2) is 66.3 Å². The zero-order valence-electron chi connectivity index (χ0n) is 14.7. The maximum atomic E-state index is 12.9. The van der Waals surface area contributed by atoms with Crippen LogP contribution in [-0.2, 0) is 35.6 Å². The molecule has 2 aliphatic heterocycles. The third kappa shape index (κ3) is 2.41. The monoisotopic (exact) mass is 380 g/mol. The van der Waals surface area contributed by atoms with Gasteiger partial charge in [-0.25, -0.2) is 13.2 Å². The van der Waals surface area contributed by atoms with E-state index in [0.717, 1.165) is 9.80 Å². The molecule has 2 aliphatic rings. The first-order valence-corrected chi connectivity index (χ1v) is 9.64. The summed E-state index contributed by atoms with van der Waals surface area (Å²) in [6.07, 6.45) is -0.221. The van der Waals surface area contributed by atoms with Gasteiger partial charge >= 0.3 is 5.97 Å². The first kappa shape index (κ1) is 18.4. The summed E-state index contributed by atoms with van der Waals surface area (Å²) < 4.78 is 29.0. The number of benzene rings is 1. The van der Waals surface area contributed by atoms with E-state index in [9.17, 15) is 22.8 Å². The van der Waals surface area contributed by atoms with Gasteiger partial charge in [0.2, 0.25) is 11.8 Å². The maximum Gasteiger partial charge on any atom is 0.331 e. The third-order valence-electron chi connectivity index (χ3n) is 4.97. The van der Waals surface area contributed by atoms with Gasteiger partial charge in [-0.3, -0.25) is 9.59 Å². The highest BCUT2D eigenvalue weighted by Gasteiger charge is 2.73. The molecular formula is C17H20N2O6S. The summed E-state index contributed by atoms with van der Waals surface area (Å²) in [5.74, 6) is -2.12. The molecule has 9 heteroatoms. The highest BCUT2D eigenvalue weighted by molar-refractivity contribution is 7.94. The Balaban J connectivity index is 1.95. The predicted molar refractivity (Wildman–Crippen MR) is 91.3 cm³/mol. The molecule has 0 radical (unpaired) electrons. The van der Waals surface area contributed by atoms with Crippen LogP contribution in [0.15, 0.2) is 30.3 Å². The predicted octanol–water partition coefficient (Wildman–Crippen LogP) is -0.0679. The number of sulfone groups is 1. The van der Waals surface area contributed by atoms with Crippen LogP contribution in [0.4, 0.5) is 0 Å². The molecule has 0 aromatic heterocycles. The van der Waals surface area contributed by atoms with E-state index in [0.29, 0.717) is 5.56 Å². The molecule has 8 nitrogen and oxygen atoms in total. The van der Waals surface area contributed by atoms with Crippen LogP contribution in [0.5, 0.6) is 0 Å². The number of nitrogens with zero attached hydrogens (tertiary/aromatic N) is 2. The van der Waals surface area contributed by atoms with Crippen LogP contribution in [0.1, 0.15) is 18.9 Å². The zero-order valence-corrected chi connectivity index (χ0v) is 15.5. The zero-order chi connectivity index (χ0) is 19.3. The summed E-state index contributed by atoms with van der Waals surface area (Å²) in [6.45, 7) is 1.12. The highest BCUT2D eigenvalue weighted by atomic mass is 32.2. The molecule has 140 valence electrons. The molecule has 1 aromatic rings. The number of rotatable bonds is 4. The fraction of sp³-hybridized carbons (Fsp3) is 0.471. The molecule has 3 atom stereocenters. The summed E-state index contributed by atoms with van der Waals surface area (Å²) >= 11 is 0. The molecule has 3 rings (SSSR count). The number of carbonyl (C=O) groups excluding carboxylic acids is 3. The Morgan fingerprint density at radius 3 is 2.42 bits per heavy atom. The van der Waals surface area contributed by atoms with Crippen LogP contribution < -0.4 is 0 Å². The van der Waals surface area contributed by atoms with Crippen LogP contribution in [0.25, 0.3) is 0 Å². The van der Waals surface area contributed by atoms with E-state index in [1.807, 2.05) is 6.07 Å². The van der Waals surface area contributed by atoms with E-state index < -0.39 is 43.8 Å². The van der Waals surface area contributed by atoms with Crippen molar-refractivity contribution in [2.45, 2.75) is 36.1 Å². The second-order valence-corrected chi connectivity index (χ2v) is 9.29. The van der Waals surface area contributed by atoms with Crippen molar-refractivity contribution in [3.63, 3.8) is 0 Å². The number of hydrogen-bond acceptors (Lipinski definition) is 6. The fourth-order valence-corrected chi connectivity index (χ4v) is 5.92. The molecule has 0 saturated carbocycles. The molecular weight excluding hydrogens is 360 g/mol. The van der Waals surface area contributed by atoms with Crippen molar-refractivity contribution in [1.82, 2.24) is 9.80 Å². The number of amides is 2. The Morgan fingerprint density at radius 1 is 1.27 bits per heavy atom. The molecule has 0 bridgehead atoms. The number of fused-ring (bicyclic) bond motifs is 1. The van der Waals surface area contributed by atoms with Crippen molar-refractivity contribution in [2.75, 3.05) is 14.1 Å². The van der Waals surface area contributed by atoms with Gasteiger partial charge in [-0.1, -0.05) is 30.3 Å². The lowest BCUT2D eigenvalue weighted by molar-refractivity contribution is -0.164. The van der Waals surface area contributed by atoms with Crippen molar-refractivity contribution in [1.29, 1.82) is 0 Å². The van der Waals surface area contributed by atoms with Crippen LogP contribution in [0.3, 0.4) is 0 Å². The summed E-state index contributed by atoms with van der Waals surface area (Å²) in [6, 6.07) is 7.37.